The van der Waals surface area contributed by atoms with Gasteiger partial charge in [-0.05, 0) is 35.4 Å². The van der Waals surface area contributed by atoms with Crippen LogP contribution in [0.25, 0.3) is 10.8 Å². The van der Waals surface area contributed by atoms with Crippen molar-refractivity contribution in [3.8, 4) is 0 Å². The molecule has 0 fully saturated rings. The first-order valence-electron chi connectivity index (χ1n) is 8.25. The molecule has 132 valence electrons. The Morgan fingerprint density at radius 1 is 1.00 bits per heavy atom. The highest BCUT2D eigenvalue weighted by atomic mass is 35.5. The van der Waals surface area contributed by atoms with Crippen molar-refractivity contribution in [1.29, 1.82) is 0 Å². The number of carbonyl (C=O) groups excluding carboxylic acids is 2. The maximum Gasteiger partial charge on any atom is 0.340 e. The molecule has 0 spiro atoms. The number of esters is 1. The number of ether oxygens (including phenoxy) is 1. The lowest BCUT2D eigenvalue weighted by Gasteiger charge is -2.16. The van der Waals surface area contributed by atoms with E-state index in [9.17, 15) is 9.59 Å². The maximum absolute atomic E-state index is 12.2. The predicted octanol–water partition coefficient (Wildman–Crippen LogP) is 4.53. The Morgan fingerprint density at radius 2 is 1.69 bits per heavy atom. The summed E-state index contributed by atoms with van der Waals surface area (Å²) in [6, 6.07) is 20.3. The van der Waals surface area contributed by atoms with Crippen LogP contribution in [-0.4, -0.2) is 18.5 Å². The average molecular weight is 368 g/mol. The fourth-order valence-electron chi connectivity index (χ4n) is 2.82. The Kier molecular flexibility index (Phi) is 5.54. The molecule has 5 heteroatoms. The molecule has 0 saturated heterocycles. The number of hydrogen-bond acceptors (Lipinski definition) is 3. The number of carbonyl (C=O) groups is 2. The smallest absolute Gasteiger partial charge is 0.340 e. The largest absolute Gasteiger partial charge is 0.452 e. The van der Waals surface area contributed by atoms with Gasteiger partial charge in [0.25, 0.3) is 5.91 Å². The molecule has 3 aromatic carbocycles. The molecule has 0 aliphatic carbocycles. The van der Waals surface area contributed by atoms with E-state index in [-0.39, 0.29) is 24.1 Å². The van der Waals surface area contributed by atoms with Gasteiger partial charge in [-0.15, -0.1) is 0 Å². The topological polar surface area (TPSA) is 55.4 Å². The van der Waals surface area contributed by atoms with Gasteiger partial charge in [-0.25, -0.2) is 4.79 Å². The first-order valence-corrected chi connectivity index (χ1v) is 8.62. The first kappa shape index (κ1) is 18.0. The van der Waals surface area contributed by atoms with Crippen LogP contribution in [0.5, 0.6) is 0 Å². The van der Waals surface area contributed by atoms with Gasteiger partial charge in [-0.1, -0.05) is 66.2 Å². The molecule has 3 rings (SSSR count). The monoisotopic (exact) mass is 367 g/mol. The van der Waals surface area contributed by atoms with Crippen LogP contribution in [0, 0.1) is 0 Å². The van der Waals surface area contributed by atoms with Crippen molar-refractivity contribution in [3.63, 3.8) is 0 Å². The summed E-state index contributed by atoms with van der Waals surface area (Å²) in [5.74, 6) is -0.991. The number of fused-ring (bicyclic) bond motifs is 1. The molecule has 0 saturated carbocycles. The third-order valence-electron chi connectivity index (χ3n) is 4.10. The first-order chi connectivity index (χ1) is 12.6. The van der Waals surface area contributed by atoms with Crippen molar-refractivity contribution in [2.75, 3.05) is 6.61 Å². The van der Waals surface area contributed by atoms with Crippen LogP contribution >= 0.6 is 11.6 Å². The third-order valence-corrected chi connectivity index (χ3v) is 4.43. The molecule has 1 N–H and O–H groups in total. The molecule has 1 atom stereocenters. The number of halogens is 1. The summed E-state index contributed by atoms with van der Waals surface area (Å²) in [5.41, 5.74) is 1.25. The van der Waals surface area contributed by atoms with Crippen molar-refractivity contribution in [2.24, 2.45) is 0 Å². The standard InChI is InChI=1S/C21H18ClNO3/c1-14(16-11-6-8-15-7-2-3-9-17(15)16)23-20(24)13-26-21(25)18-10-4-5-12-19(18)22/h2-12,14H,13H2,1H3,(H,23,24)/t14-/m1/s1. The highest BCUT2D eigenvalue weighted by Crippen LogP contribution is 2.24. The van der Waals surface area contributed by atoms with Crippen LogP contribution in [0.3, 0.4) is 0 Å². The van der Waals surface area contributed by atoms with Crippen LogP contribution in [0.15, 0.2) is 66.7 Å². The predicted molar refractivity (Wildman–Crippen MR) is 102 cm³/mol. The minimum absolute atomic E-state index is 0.215. The zero-order valence-electron chi connectivity index (χ0n) is 14.2. The van der Waals surface area contributed by atoms with E-state index >= 15 is 0 Å². The SMILES string of the molecule is C[C@@H](NC(=O)COC(=O)c1ccccc1Cl)c1cccc2ccccc12. The lowest BCUT2D eigenvalue weighted by atomic mass is 10.00. The minimum atomic E-state index is -0.622. The van der Waals surface area contributed by atoms with Gasteiger partial charge in [0.05, 0.1) is 16.6 Å². The number of amides is 1. The number of rotatable bonds is 5. The van der Waals surface area contributed by atoms with Gasteiger partial charge in [0.15, 0.2) is 6.61 Å². The van der Waals surface area contributed by atoms with Crippen molar-refractivity contribution in [1.82, 2.24) is 5.32 Å². The maximum atomic E-state index is 12.2. The molecule has 0 heterocycles. The Bertz CT molecular complexity index is 949. The van der Waals surface area contributed by atoms with Crippen molar-refractivity contribution in [3.05, 3.63) is 82.9 Å². The summed E-state index contributed by atoms with van der Waals surface area (Å²) in [7, 11) is 0. The normalized spacial score (nSPS) is 11.8. The van der Waals surface area contributed by atoms with Crippen LogP contribution in [0.4, 0.5) is 0 Å². The third kappa shape index (κ3) is 4.03. The van der Waals surface area contributed by atoms with Gasteiger partial charge < -0.3 is 10.1 Å². The van der Waals surface area contributed by atoms with Gasteiger partial charge in [-0.2, -0.15) is 0 Å². The molecule has 0 aliphatic rings. The summed E-state index contributed by atoms with van der Waals surface area (Å²) in [5, 5.41) is 5.34. The van der Waals surface area contributed by atoms with E-state index in [1.807, 2.05) is 49.4 Å². The van der Waals surface area contributed by atoms with E-state index in [2.05, 4.69) is 5.32 Å². The van der Waals surface area contributed by atoms with E-state index in [4.69, 9.17) is 16.3 Å². The molecular weight excluding hydrogens is 350 g/mol. The van der Waals surface area contributed by atoms with Gasteiger partial charge in [-0.3, -0.25) is 4.79 Å². The molecule has 3 aromatic rings. The number of benzene rings is 3. The quantitative estimate of drug-likeness (QED) is 0.674. The Labute approximate surface area is 156 Å². The lowest BCUT2D eigenvalue weighted by Crippen LogP contribution is -2.31. The molecule has 26 heavy (non-hydrogen) atoms. The second-order valence-corrected chi connectivity index (χ2v) is 6.32. The summed E-state index contributed by atoms with van der Waals surface area (Å²) in [6.45, 7) is 1.54. The number of hydrogen-bond donors (Lipinski definition) is 1. The van der Waals surface area contributed by atoms with E-state index < -0.39 is 5.97 Å². The highest BCUT2D eigenvalue weighted by Gasteiger charge is 2.16. The van der Waals surface area contributed by atoms with Crippen LogP contribution in [0.2, 0.25) is 5.02 Å². The fraction of sp³-hybridized carbons (Fsp3) is 0.143. The van der Waals surface area contributed by atoms with Crippen molar-refractivity contribution >= 4 is 34.2 Å². The zero-order valence-corrected chi connectivity index (χ0v) is 15.0. The fourth-order valence-corrected chi connectivity index (χ4v) is 3.04. The molecule has 0 aliphatic heterocycles. The Hall–Kier alpha value is -2.85. The highest BCUT2D eigenvalue weighted by molar-refractivity contribution is 6.33. The van der Waals surface area contributed by atoms with Crippen LogP contribution in [-0.2, 0) is 9.53 Å². The van der Waals surface area contributed by atoms with Crippen molar-refractivity contribution < 1.29 is 14.3 Å². The minimum Gasteiger partial charge on any atom is -0.452 e. The molecule has 0 aromatic heterocycles. The lowest BCUT2D eigenvalue weighted by molar-refractivity contribution is -0.124. The summed E-state index contributed by atoms with van der Waals surface area (Å²) < 4.78 is 5.06. The molecule has 1 amide bonds. The van der Waals surface area contributed by atoms with E-state index in [1.54, 1.807) is 24.3 Å². The van der Waals surface area contributed by atoms with Gasteiger partial charge in [0.2, 0.25) is 0 Å². The van der Waals surface area contributed by atoms with Gasteiger partial charge in [0.1, 0.15) is 0 Å². The van der Waals surface area contributed by atoms with Crippen LogP contribution in [0.1, 0.15) is 28.9 Å². The van der Waals surface area contributed by atoms with E-state index in [0.717, 1.165) is 16.3 Å². The summed E-state index contributed by atoms with van der Waals surface area (Å²) in [4.78, 5) is 24.2. The second kappa shape index (κ2) is 8.02. The molecule has 0 bridgehead atoms. The summed E-state index contributed by atoms with van der Waals surface area (Å²) >= 11 is 5.95. The summed E-state index contributed by atoms with van der Waals surface area (Å²) in [6.07, 6.45) is 0. The van der Waals surface area contributed by atoms with Gasteiger partial charge >= 0.3 is 5.97 Å². The van der Waals surface area contributed by atoms with Gasteiger partial charge in [0, 0.05) is 0 Å². The molecular formula is C21H18ClNO3. The second-order valence-electron chi connectivity index (χ2n) is 5.91. The number of nitrogens with one attached hydrogen (secondary N) is 1. The molecule has 0 unspecified atom stereocenters. The van der Waals surface area contributed by atoms with Crippen LogP contribution < -0.4 is 5.32 Å². The Balaban J connectivity index is 1.63. The molecule has 0 radical (unpaired) electrons. The van der Waals surface area contributed by atoms with E-state index in [0.29, 0.717) is 5.02 Å². The molecule has 4 nitrogen and oxygen atoms in total. The van der Waals surface area contributed by atoms with E-state index in [1.165, 1.54) is 0 Å². The zero-order chi connectivity index (χ0) is 18.5. The average Bonchev–Trinajstić information content (AvgIpc) is 2.66. The Morgan fingerprint density at radius 3 is 2.50 bits per heavy atom. The van der Waals surface area contributed by atoms with Crippen molar-refractivity contribution in [2.45, 2.75) is 13.0 Å².